The molecule has 0 saturated carbocycles. The maximum absolute atomic E-state index is 13.3. The Bertz CT molecular complexity index is 1440. The smallest absolute Gasteiger partial charge is 0.433 e. The van der Waals surface area contributed by atoms with E-state index >= 15 is 0 Å². The van der Waals surface area contributed by atoms with Crippen molar-refractivity contribution in [2.45, 2.75) is 79.4 Å². The zero-order valence-corrected chi connectivity index (χ0v) is 26.3. The molecule has 4 aromatic rings. The number of nitrogens with zero attached hydrogens (tertiary/aromatic N) is 2. The lowest BCUT2D eigenvalue weighted by molar-refractivity contribution is -0.140. The minimum absolute atomic E-state index is 0.0383. The highest BCUT2D eigenvalue weighted by molar-refractivity contribution is 7.81. The van der Waals surface area contributed by atoms with Crippen molar-refractivity contribution in [1.82, 2.24) is 4.98 Å². The normalized spacial score (nSPS) is 12.0. The Morgan fingerprint density at radius 3 is 2.29 bits per heavy atom. The van der Waals surface area contributed by atoms with E-state index in [-0.39, 0.29) is 11.6 Å². The molecule has 224 valence electrons. The fraction of sp³-hybridized carbons (Fsp3) is 0.406. The lowest BCUT2D eigenvalue weighted by atomic mass is 9.99. The molecule has 4 rings (SSSR count). The summed E-state index contributed by atoms with van der Waals surface area (Å²) < 4.78 is 47.1. The second-order valence-corrected chi connectivity index (χ2v) is 10.9. The number of furan rings is 1. The number of thiol groups is 1. The topological polar surface area (TPSA) is 55.3 Å². The summed E-state index contributed by atoms with van der Waals surface area (Å²) in [5.74, 6) is 1.21. The number of hydrogen-bond donors (Lipinski definition) is 2. The summed E-state index contributed by atoms with van der Waals surface area (Å²) in [5, 5.41) is 2.13. The highest BCUT2D eigenvalue weighted by atomic mass is 35.5. The Kier molecular flexibility index (Phi) is 12.9. The third kappa shape index (κ3) is 9.07. The summed E-state index contributed by atoms with van der Waals surface area (Å²) in [6, 6.07) is 13.7. The molecule has 0 radical (unpaired) electrons. The second kappa shape index (κ2) is 15.4. The van der Waals surface area contributed by atoms with Crippen molar-refractivity contribution in [2.75, 3.05) is 4.31 Å². The van der Waals surface area contributed by atoms with Crippen molar-refractivity contribution in [3.05, 3.63) is 77.2 Å². The summed E-state index contributed by atoms with van der Waals surface area (Å²) in [5.41, 5.74) is 7.74. The highest BCUT2D eigenvalue weighted by Crippen LogP contribution is 2.38. The Labute approximate surface area is 252 Å². The number of halogens is 4. The SMILES string of the molecule is C=C(N)c1oc2ccccc2c1C.CC.CCCC(CCC(C)C)N(S)c1cc(C(F)(F)F)nc2ccc(Cl)cc12. The van der Waals surface area contributed by atoms with Crippen LogP contribution in [0.1, 0.15) is 77.3 Å². The van der Waals surface area contributed by atoms with E-state index in [2.05, 4.69) is 45.1 Å². The largest absolute Gasteiger partial charge is 0.454 e. The average molecular weight is 608 g/mol. The van der Waals surface area contributed by atoms with Gasteiger partial charge in [0.05, 0.1) is 16.9 Å². The van der Waals surface area contributed by atoms with E-state index in [1.807, 2.05) is 45.0 Å². The van der Waals surface area contributed by atoms with Crippen LogP contribution in [0.2, 0.25) is 5.02 Å². The van der Waals surface area contributed by atoms with E-state index in [1.54, 1.807) is 16.4 Å². The molecule has 2 heterocycles. The zero-order valence-electron chi connectivity index (χ0n) is 24.6. The number of anilines is 1. The van der Waals surface area contributed by atoms with Crippen LogP contribution >= 0.6 is 24.4 Å². The van der Waals surface area contributed by atoms with E-state index in [9.17, 15) is 13.2 Å². The van der Waals surface area contributed by atoms with Gasteiger partial charge in [-0.15, -0.1) is 0 Å². The first-order valence-corrected chi connectivity index (χ1v) is 14.7. The number of alkyl halides is 3. The van der Waals surface area contributed by atoms with Crippen LogP contribution in [-0.4, -0.2) is 11.0 Å². The Balaban J connectivity index is 0.000000326. The van der Waals surface area contributed by atoms with Gasteiger partial charge in [0, 0.05) is 27.4 Å². The van der Waals surface area contributed by atoms with Crippen LogP contribution in [0.3, 0.4) is 0 Å². The van der Waals surface area contributed by atoms with Gasteiger partial charge in [-0.1, -0.05) is 90.2 Å². The number of pyridine rings is 1. The first-order valence-electron chi connectivity index (χ1n) is 13.9. The monoisotopic (exact) mass is 607 g/mol. The second-order valence-electron chi connectivity index (χ2n) is 10.0. The molecule has 0 amide bonds. The maximum atomic E-state index is 13.3. The number of nitrogens with two attached hydrogens (primary N) is 1. The third-order valence-electron chi connectivity index (χ3n) is 6.47. The van der Waals surface area contributed by atoms with Gasteiger partial charge in [0.2, 0.25) is 0 Å². The van der Waals surface area contributed by atoms with Gasteiger partial charge in [-0.2, -0.15) is 13.2 Å². The number of para-hydroxylation sites is 1. The van der Waals surface area contributed by atoms with Crippen molar-refractivity contribution in [3.8, 4) is 0 Å². The molecular weight excluding hydrogens is 567 g/mol. The van der Waals surface area contributed by atoms with Gasteiger partial charge in [0.15, 0.2) is 5.76 Å². The van der Waals surface area contributed by atoms with Gasteiger partial charge in [-0.25, -0.2) is 4.98 Å². The molecule has 2 aromatic heterocycles. The van der Waals surface area contributed by atoms with Crippen LogP contribution in [-0.2, 0) is 6.18 Å². The third-order valence-corrected chi connectivity index (χ3v) is 7.24. The summed E-state index contributed by atoms with van der Waals surface area (Å²) in [7, 11) is 0. The van der Waals surface area contributed by atoms with Gasteiger partial charge in [0.1, 0.15) is 11.3 Å². The number of aryl methyl sites for hydroxylation is 1. The number of rotatable bonds is 8. The summed E-state index contributed by atoms with van der Waals surface area (Å²) >= 11 is 10.7. The van der Waals surface area contributed by atoms with Crippen molar-refractivity contribution in [2.24, 2.45) is 11.7 Å². The van der Waals surface area contributed by atoms with E-state index in [0.29, 0.717) is 33.5 Å². The molecule has 0 fully saturated rings. The standard InChI is InChI=1S/C19H24ClF3N2S.C11H11NO.C2H6/c1-4-5-14(8-6-12(2)3)25(26)17-11-18(19(21,22)23)24-16-9-7-13(20)10-15(16)17;1-7-9-5-3-4-6-10(9)13-11(7)8(2)12;1-2/h7,9-12,14,26H,4-6,8H2,1-3H3;3-6H,2,12H2,1H3;1-2H3. The number of benzene rings is 2. The van der Waals surface area contributed by atoms with Crippen LogP contribution in [0.4, 0.5) is 18.9 Å². The molecule has 2 N–H and O–H groups in total. The summed E-state index contributed by atoms with van der Waals surface area (Å²) in [6.45, 7) is 16.0. The van der Waals surface area contributed by atoms with Gasteiger partial charge in [-0.05, 0) is 62.4 Å². The van der Waals surface area contributed by atoms with Crippen LogP contribution < -0.4 is 10.0 Å². The molecule has 1 unspecified atom stereocenters. The van der Waals surface area contributed by atoms with Gasteiger partial charge >= 0.3 is 6.18 Å². The van der Waals surface area contributed by atoms with Crippen molar-refractivity contribution < 1.29 is 17.6 Å². The lowest BCUT2D eigenvalue weighted by Gasteiger charge is -2.30. The van der Waals surface area contributed by atoms with E-state index in [4.69, 9.17) is 21.8 Å². The first kappa shape index (κ1) is 34.4. The van der Waals surface area contributed by atoms with E-state index < -0.39 is 11.9 Å². The first-order chi connectivity index (χ1) is 19.3. The van der Waals surface area contributed by atoms with Crippen molar-refractivity contribution in [3.63, 3.8) is 0 Å². The molecular formula is C32H41ClF3N3OS. The summed E-state index contributed by atoms with van der Waals surface area (Å²) in [6.07, 6.45) is -0.897. The molecule has 4 nitrogen and oxygen atoms in total. The Hall–Kier alpha value is -2.84. The predicted octanol–water partition coefficient (Wildman–Crippen LogP) is 10.9. The predicted molar refractivity (Wildman–Crippen MR) is 172 cm³/mol. The molecule has 0 aliphatic rings. The average Bonchev–Trinajstić information content (AvgIpc) is 3.27. The Morgan fingerprint density at radius 1 is 1.07 bits per heavy atom. The maximum Gasteiger partial charge on any atom is 0.433 e. The fourth-order valence-corrected chi connectivity index (χ4v) is 5.01. The quantitative estimate of drug-likeness (QED) is 0.196. The Morgan fingerprint density at radius 2 is 1.73 bits per heavy atom. The molecule has 0 aliphatic carbocycles. The summed E-state index contributed by atoms with van der Waals surface area (Å²) in [4.78, 5) is 3.77. The zero-order chi connectivity index (χ0) is 30.9. The highest BCUT2D eigenvalue weighted by Gasteiger charge is 2.34. The van der Waals surface area contributed by atoms with Crippen LogP contribution in [0.5, 0.6) is 0 Å². The molecule has 1 atom stereocenters. The van der Waals surface area contributed by atoms with Gasteiger partial charge in [0.25, 0.3) is 0 Å². The number of hydrogen-bond acceptors (Lipinski definition) is 5. The number of aromatic nitrogens is 1. The molecule has 41 heavy (non-hydrogen) atoms. The molecule has 2 aromatic carbocycles. The molecule has 0 aliphatic heterocycles. The molecule has 0 spiro atoms. The minimum atomic E-state index is -4.52. The van der Waals surface area contributed by atoms with Crippen molar-refractivity contribution >= 4 is 57.7 Å². The van der Waals surface area contributed by atoms with Crippen LogP contribution in [0.25, 0.3) is 27.6 Å². The van der Waals surface area contributed by atoms with Crippen LogP contribution in [0, 0.1) is 12.8 Å². The van der Waals surface area contributed by atoms with Crippen molar-refractivity contribution in [1.29, 1.82) is 0 Å². The number of fused-ring (bicyclic) bond motifs is 2. The van der Waals surface area contributed by atoms with Crippen LogP contribution in [0.15, 0.2) is 59.5 Å². The van der Waals surface area contributed by atoms with E-state index in [1.165, 1.54) is 6.07 Å². The van der Waals surface area contributed by atoms with Gasteiger partial charge < -0.3 is 14.5 Å². The minimum Gasteiger partial charge on any atom is -0.454 e. The lowest BCUT2D eigenvalue weighted by Crippen LogP contribution is -2.28. The van der Waals surface area contributed by atoms with E-state index in [0.717, 1.165) is 48.3 Å². The molecule has 0 bridgehead atoms. The molecule has 9 heteroatoms. The van der Waals surface area contributed by atoms with Gasteiger partial charge in [-0.3, -0.25) is 0 Å². The molecule has 0 saturated heterocycles. The fourth-order valence-electron chi connectivity index (χ4n) is 4.44.